The topological polar surface area (TPSA) is 45.2 Å². The molecule has 0 radical (unpaired) electrons. The van der Waals surface area contributed by atoms with Crippen LogP contribution in [0, 0.1) is 11.7 Å². The maximum atomic E-state index is 13.7. The molecule has 1 fully saturated rings. The molecule has 4 nitrogen and oxygen atoms in total. The van der Waals surface area contributed by atoms with Crippen LogP contribution in [0.5, 0.6) is 0 Å². The minimum absolute atomic E-state index is 0.0601. The van der Waals surface area contributed by atoms with Gasteiger partial charge >= 0.3 is 0 Å². The normalized spacial score (nSPS) is 16.4. The second kappa shape index (κ2) is 6.79. The number of nitrogens with one attached hydrogen (secondary N) is 1. The van der Waals surface area contributed by atoms with Crippen LogP contribution in [-0.4, -0.2) is 41.5 Å². The number of pyridine rings is 1. The minimum atomic E-state index is -0.548. The van der Waals surface area contributed by atoms with Crippen molar-refractivity contribution in [3.63, 3.8) is 0 Å². The fourth-order valence-electron chi connectivity index (χ4n) is 2.57. The van der Waals surface area contributed by atoms with Crippen LogP contribution in [0.2, 0.25) is 0 Å². The second-order valence-electron chi connectivity index (χ2n) is 5.60. The van der Waals surface area contributed by atoms with Crippen molar-refractivity contribution in [2.75, 3.05) is 19.6 Å². The summed E-state index contributed by atoms with van der Waals surface area (Å²) in [4.78, 5) is 18.0. The monoisotopic (exact) mass is 279 g/mol. The van der Waals surface area contributed by atoms with E-state index in [1.165, 1.54) is 12.3 Å². The van der Waals surface area contributed by atoms with Crippen LogP contribution in [0.15, 0.2) is 18.5 Å². The summed E-state index contributed by atoms with van der Waals surface area (Å²) in [6.07, 6.45) is 4.68. The Morgan fingerprint density at radius 1 is 1.50 bits per heavy atom. The van der Waals surface area contributed by atoms with Crippen molar-refractivity contribution in [3.05, 3.63) is 29.8 Å². The van der Waals surface area contributed by atoms with Gasteiger partial charge in [0.05, 0.1) is 11.8 Å². The van der Waals surface area contributed by atoms with E-state index in [1.54, 1.807) is 4.90 Å². The summed E-state index contributed by atoms with van der Waals surface area (Å²) >= 11 is 0. The lowest BCUT2D eigenvalue weighted by Crippen LogP contribution is -2.43. The van der Waals surface area contributed by atoms with Crippen LogP contribution in [0.1, 0.15) is 37.0 Å². The molecular formula is C15H22FN3O. The SMILES string of the molecule is CC(C)N(CC1CCNCC1)C(=O)c1ccncc1F. The van der Waals surface area contributed by atoms with Gasteiger partial charge in [-0.3, -0.25) is 9.78 Å². The van der Waals surface area contributed by atoms with E-state index in [0.29, 0.717) is 12.5 Å². The Morgan fingerprint density at radius 3 is 2.80 bits per heavy atom. The Hall–Kier alpha value is -1.49. The zero-order chi connectivity index (χ0) is 14.5. The van der Waals surface area contributed by atoms with E-state index < -0.39 is 5.82 Å². The highest BCUT2D eigenvalue weighted by atomic mass is 19.1. The van der Waals surface area contributed by atoms with E-state index in [9.17, 15) is 9.18 Å². The van der Waals surface area contributed by atoms with Crippen LogP contribution in [0.25, 0.3) is 0 Å². The summed E-state index contributed by atoms with van der Waals surface area (Å²) in [6.45, 7) is 6.62. The van der Waals surface area contributed by atoms with Crippen LogP contribution < -0.4 is 5.32 Å². The molecule has 2 heterocycles. The molecule has 1 aromatic rings. The summed E-state index contributed by atoms with van der Waals surface area (Å²) in [5, 5.41) is 3.32. The first-order chi connectivity index (χ1) is 9.59. The first-order valence-electron chi connectivity index (χ1n) is 7.20. The molecular weight excluding hydrogens is 257 g/mol. The van der Waals surface area contributed by atoms with E-state index in [1.807, 2.05) is 13.8 Å². The van der Waals surface area contributed by atoms with E-state index in [4.69, 9.17) is 0 Å². The summed E-state index contributed by atoms with van der Waals surface area (Å²) in [6, 6.07) is 1.51. The summed E-state index contributed by atoms with van der Waals surface area (Å²) < 4.78 is 13.7. The highest BCUT2D eigenvalue weighted by molar-refractivity contribution is 5.94. The number of piperidine rings is 1. The van der Waals surface area contributed by atoms with Gasteiger partial charge in [0.25, 0.3) is 5.91 Å². The van der Waals surface area contributed by atoms with Crippen molar-refractivity contribution in [2.45, 2.75) is 32.7 Å². The van der Waals surface area contributed by atoms with Crippen molar-refractivity contribution < 1.29 is 9.18 Å². The number of hydrogen-bond acceptors (Lipinski definition) is 3. The summed E-state index contributed by atoms with van der Waals surface area (Å²) in [7, 11) is 0. The molecule has 0 unspecified atom stereocenters. The third-order valence-electron chi connectivity index (χ3n) is 3.80. The molecule has 1 N–H and O–H groups in total. The lowest BCUT2D eigenvalue weighted by molar-refractivity contribution is 0.0653. The number of amides is 1. The molecule has 110 valence electrons. The van der Waals surface area contributed by atoms with Gasteiger partial charge in [-0.25, -0.2) is 4.39 Å². The Bertz CT molecular complexity index is 458. The van der Waals surface area contributed by atoms with Crippen LogP contribution in [0.3, 0.4) is 0 Å². The number of nitrogens with zero attached hydrogens (tertiary/aromatic N) is 2. The maximum absolute atomic E-state index is 13.7. The molecule has 0 spiro atoms. The van der Waals surface area contributed by atoms with Crippen molar-refractivity contribution in [3.8, 4) is 0 Å². The number of carbonyl (C=O) groups excluding carboxylic acids is 1. The second-order valence-corrected chi connectivity index (χ2v) is 5.60. The average Bonchev–Trinajstić information content (AvgIpc) is 2.45. The van der Waals surface area contributed by atoms with Crippen molar-refractivity contribution in [1.29, 1.82) is 0 Å². The van der Waals surface area contributed by atoms with E-state index in [2.05, 4.69) is 10.3 Å². The fourth-order valence-corrected chi connectivity index (χ4v) is 2.57. The smallest absolute Gasteiger partial charge is 0.257 e. The standard InChI is InChI=1S/C15H22FN3O/c1-11(2)19(10-12-3-6-17-7-4-12)15(20)13-5-8-18-9-14(13)16/h5,8-9,11-12,17H,3-4,6-7,10H2,1-2H3. The molecule has 2 rings (SSSR count). The van der Waals surface area contributed by atoms with Gasteiger partial charge < -0.3 is 10.2 Å². The first-order valence-corrected chi connectivity index (χ1v) is 7.20. The summed E-state index contributed by atoms with van der Waals surface area (Å²) in [5.74, 6) is -0.292. The Kier molecular flexibility index (Phi) is 5.06. The molecule has 0 aromatic carbocycles. The van der Waals surface area contributed by atoms with E-state index >= 15 is 0 Å². The average molecular weight is 279 g/mol. The van der Waals surface area contributed by atoms with E-state index in [-0.39, 0.29) is 17.5 Å². The Labute approximate surface area is 119 Å². The van der Waals surface area contributed by atoms with Crippen LogP contribution in [0.4, 0.5) is 4.39 Å². The molecule has 1 aliphatic rings. The van der Waals surface area contributed by atoms with Gasteiger partial charge in [-0.2, -0.15) is 0 Å². The van der Waals surface area contributed by atoms with Gasteiger partial charge in [0, 0.05) is 18.8 Å². The molecule has 1 amide bonds. The lowest BCUT2D eigenvalue weighted by atomic mass is 9.96. The van der Waals surface area contributed by atoms with Crippen molar-refractivity contribution in [2.24, 2.45) is 5.92 Å². The number of rotatable bonds is 4. The predicted octanol–water partition coefficient (Wildman–Crippen LogP) is 2.07. The third-order valence-corrected chi connectivity index (χ3v) is 3.80. The third kappa shape index (κ3) is 3.54. The predicted molar refractivity (Wildman–Crippen MR) is 76.0 cm³/mol. The molecule has 0 bridgehead atoms. The van der Waals surface area contributed by atoms with Gasteiger partial charge in [0.2, 0.25) is 0 Å². The molecule has 0 atom stereocenters. The quantitative estimate of drug-likeness (QED) is 0.917. The molecule has 1 saturated heterocycles. The minimum Gasteiger partial charge on any atom is -0.336 e. The number of halogens is 1. The van der Waals surface area contributed by atoms with Gasteiger partial charge in [0.15, 0.2) is 5.82 Å². The highest BCUT2D eigenvalue weighted by Gasteiger charge is 2.25. The first kappa shape index (κ1) is 14.9. The van der Waals surface area contributed by atoms with Crippen molar-refractivity contribution >= 4 is 5.91 Å². The molecule has 0 saturated carbocycles. The molecule has 20 heavy (non-hydrogen) atoms. The van der Waals surface area contributed by atoms with Crippen LogP contribution in [-0.2, 0) is 0 Å². The number of carbonyl (C=O) groups is 1. The Balaban J connectivity index is 2.11. The number of aromatic nitrogens is 1. The molecule has 1 aliphatic heterocycles. The van der Waals surface area contributed by atoms with Gasteiger partial charge in [-0.05, 0) is 51.8 Å². The van der Waals surface area contributed by atoms with Gasteiger partial charge in [-0.1, -0.05) is 0 Å². The largest absolute Gasteiger partial charge is 0.336 e. The molecule has 1 aromatic heterocycles. The molecule has 5 heteroatoms. The van der Waals surface area contributed by atoms with Crippen LogP contribution >= 0.6 is 0 Å². The highest BCUT2D eigenvalue weighted by Crippen LogP contribution is 2.18. The number of hydrogen-bond donors (Lipinski definition) is 1. The van der Waals surface area contributed by atoms with Crippen molar-refractivity contribution in [1.82, 2.24) is 15.2 Å². The zero-order valence-electron chi connectivity index (χ0n) is 12.1. The maximum Gasteiger partial charge on any atom is 0.257 e. The van der Waals surface area contributed by atoms with Gasteiger partial charge in [0.1, 0.15) is 0 Å². The molecule has 0 aliphatic carbocycles. The summed E-state index contributed by atoms with van der Waals surface area (Å²) in [5.41, 5.74) is 0.114. The Morgan fingerprint density at radius 2 is 2.20 bits per heavy atom. The van der Waals surface area contributed by atoms with Gasteiger partial charge in [-0.15, -0.1) is 0 Å². The fraction of sp³-hybridized carbons (Fsp3) is 0.600. The zero-order valence-corrected chi connectivity index (χ0v) is 12.1. The lowest BCUT2D eigenvalue weighted by Gasteiger charge is -2.33. The van der Waals surface area contributed by atoms with E-state index in [0.717, 1.165) is 32.1 Å².